The molecule has 2 amide bonds. The lowest BCUT2D eigenvalue weighted by Gasteiger charge is -2.22. The van der Waals surface area contributed by atoms with E-state index in [1.807, 2.05) is 45.4 Å². The van der Waals surface area contributed by atoms with E-state index in [-0.39, 0.29) is 11.8 Å². The van der Waals surface area contributed by atoms with Crippen LogP contribution in [0.2, 0.25) is 0 Å². The Morgan fingerprint density at radius 3 is 2.34 bits per heavy atom. The van der Waals surface area contributed by atoms with Crippen LogP contribution < -0.4 is 10.2 Å². The molecule has 0 atom stereocenters. The number of thioether (sulfide) groups is 1. The fraction of sp³-hybridized carbons (Fsp3) is 0.462. The molecule has 0 spiro atoms. The Hall–Kier alpha value is -2.47. The molecule has 2 aromatic carbocycles. The third-order valence-corrected chi connectivity index (χ3v) is 7.08. The number of amides is 2. The van der Waals surface area contributed by atoms with E-state index < -0.39 is 0 Å². The smallest absolute Gasteiger partial charge is 0.255 e. The van der Waals surface area contributed by atoms with Gasteiger partial charge in [0.2, 0.25) is 5.91 Å². The number of hydrogen-bond donors (Lipinski definition) is 1. The Kier molecular flexibility index (Phi) is 9.03. The van der Waals surface area contributed by atoms with Gasteiger partial charge >= 0.3 is 0 Å². The minimum Gasteiger partial charge on any atom is -0.378 e. The van der Waals surface area contributed by atoms with Crippen LogP contribution in [0.4, 0.5) is 5.69 Å². The molecule has 2 aromatic rings. The van der Waals surface area contributed by atoms with Gasteiger partial charge in [-0.3, -0.25) is 9.59 Å². The first-order valence-corrected chi connectivity index (χ1v) is 12.4. The van der Waals surface area contributed by atoms with Gasteiger partial charge in [0.1, 0.15) is 0 Å². The molecule has 0 aromatic heterocycles. The van der Waals surface area contributed by atoms with Crippen molar-refractivity contribution < 1.29 is 9.59 Å². The molecule has 172 valence electrons. The average Bonchev–Trinajstić information content (AvgIpc) is 2.82. The van der Waals surface area contributed by atoms with Gasteiger partial charge in [-0.2, -0.15) is 0 Å². The topological polar surface area (TPSA) is 52.7 Å². The Morgan fingerprint density at radius 1 is 0.969 bits per heavy atom. The summed E-state index contributed by atoms with van der Waals surface area (Å²) < 4.78 is 0. The van der Waals surface area contributed by atoms with Crippen LogP contribution in [-0.4, -0.2) is 50.2 Å². The average molecular weight is 454 g/mol. The number of anilines is 1. The van der Waals surface area contributed by atoms with E-state index >= 15 is 0 Å². The van der Waals surface area contributed by atoms with E-state index in [9.17, 15) is 9.59 Å². The van der Waals surface area contributed by atoms with E-state index in [1.165, 1.54) is 43.9 Å². The highest BCUT2D eigenvalue weighted by atomic mass is 32.2. The predicted octanol–water partition coefficient (Wildman–Crippen LogP) is 4.81. The van der Waals surface area contributed by atoms with Crippen molar-refractivity contribution in [2.75, 3.05) is 38.3 Å². The van der Waals surface area contributed by atoms with Gasteiger partial charge in [-0.1, -0.05) is 43.5 Å². The van der Waals surface area contributed by atoms with E-state index in [1.54, 1.807) is 4.90 Å². The zero-order chi connectivity index (χ0) is 22.9. The number of nitrogens with one attached hydrogen (secondary N) is 1. The molecule has 1 saturated carbocycles. The predicted molar refractivity (Wildman–Crippen MR) is 133 cm³/mol. The summed E-state index contributed by atoms with van der Waals surface area (Å²) in [6.07, 6.45) is 6.31. The van der Waals surface area contributed by atoms with Gasteiger partial charge in [-0.25, -0.2) is 0 Å². The van der Waals surface area contributed by atoms with Crippen molar-refractivity contribution in [2.24, 2.45) is 5.92 Å². The molecule has 0 bridgehead atoms. The molecule has 1 fully saturated rings. The third kappa shape index (κ3) is 7.02. The van der Waals surface area contributed by atoms with Crippen molar-refractivity contribution >= 4 is 29.3 Å². The standard InChI is InChI=1S/C26H35N3O2S/c1-28(2)22-15-13-21(14-16-22)18-29(3)26(31)23-11-7-8-12-24(23)32-19-25(30)27-17-20-9-5-4-6-10-20/h7-8,11-16,20H,4-6,9-10,17-19H2,1-3H3,(H,27,30). The maximum absolute atomic E-state index is 13.1. The lowest BCUT2D eigenvalue weighted by atomic mass is 9.89. The van der Waals surface area contributed by atoms with Crippen molar-refractivity contribution in [1.82, 2.24) is 10.2 Å². The lowest BCUT2D eigenvalue weighted by Crippen LogP contribution is -2.31. The normalized spacial score (nSPS) is 14.1. The molecule has 32 heavy (non-hydrogen) atoms. The SMILES string of the molecule is CN(Cc1ccc(N(C)C)cc1)C(=O)c1ccccc1SCC(=O)NCC1CCCCC1. The zero-order valence-corrected chi connectivity index (χ0v) is 20.3. The first-order chi connectivity index (χ1) is 15.4. The van der Waals surface area contributed by atoms with Gasteiger partial charge in [-0.05, 0) is 48.6 Å². The van der Waals surface area contributed by atoms with Crippen LogP contribution in [0.3, 0.4) is 0 Å². The molecule has 0 unspecified atom stereocenters. The van der Waals surface area contributed by atoms with Crippen LogP contribution in [0.1, 0.15) is 48.0 Å². The van der Waals surface area contributed by atoms with Gasteiger partial charge in [0.15, 0.2) is 0 Å². The van der Waals surface area contributed by atoms with Gasteiger partial charge in [0.25, 0.3) is 5.91 Å². The number of nitrogens with zero attached hydrogens (tertiary/aromatic N) is 2. The van der Waals surface area contributed by atoms with Crippen molar-refractivity contribution in [2.45, 2.75) is 43.5 Å². The second-order valence-corrected chi connectivity index (χ2v) is 9.83. The lowest BCUT2D eigenvalue weighted by molar-refractivity contribution is -0.118. The van der Waals surface area contributed by atoms with Gasteiger partial charge in [0.05, 0.1) is 11.3 Å². The Balaban J connectivity index is 1.54. The summed E-state index contributed by atoms with van der Waals surface area (Å²) in [5, 5.41) is 3.08. The molecule has 0 radical (unpaired) electrons. The number of carbonyl (C=O) groups excluding carboxylic acids is 2. The minimum atomic E-state index is -0.0348. The molecule has 0 heterocycles. The molecular weight excluding hydrogens is 418 g/mol. The molecule has 1 aliphatic rings. The summed E-state index contributed by atoms with van der Waals surface area (Å²) in [5.74, 6) is 0.948. The molecule has 3 rings (SSSR count). The van der Waals surface area contributed by atoms with Gasteiger partial charge in [-0.15, -0.1) is 11.8 Å². The molecule has 5 nitrogen and oxygen atoms in total. The van der Waals surface area contributed by atoms with E-state index in [0.29, 0.717) is 23.8 Å². The van der Waals surface area contributed by atoms with Crippen molar-refractivity contribution in [1.29, 1.82) is 0 Å². The Labute approximate surface area is 196 Å². The summed E-state index contributed by atoms with van der Waals surface area (Å²) in [7, 11) is 5.84. The quantitative estimate of drug-likeness (QED) is 0.554. The third-order valence-electron chi connectivity index (χ3n) is 6.01. The second-order valence-electron chi connectivity index (χ2n) is 8.82. The number of hydrogen-bond acceptors (Lipinski definition) is 4. The summed E-state index contributed by atoms with van der Waals surface area (Å²) in [5.41, 5.74) is 2.86. The highest BCUT2D eigenvalue weighted by Crippen LogP contribution is 2.25. The van der Waals surface area contributed by atoms with Gasteiger partial charge < -0.3 is 15.1 Å². The summed E-state index contributed by atoms with van der Waals surface area (Å²) >= 11 is 1.43. The number of benzene rings is 2. The number of rotatable bonds is 9. The Bertz CT molecular complexity index is 892. The molecule has 1 N–H and O–H groups in total. The fourth-order valence-corrected chi connectivity index (χ4v) is 4.94. The van der Waals surface area contributed by atoms with Crippen molar-refractivity contribution in [3.8, 4) is 0 Å². The van der Waals surface area contributed by atoms with Crippen LogP contribution in [0, 0.1) is 5.92 Å². The molecule has 6 heteroatoms. The highest BCUT2D eigenvalue weighted by molar-refractivity contribution is 8.00. The van der Waals surface area contributed by atoms with Gasteiger partial charge in [0, 0.05) is 44.8 Å². The Morgan fingerprint density at radius 2 is 1.66 bits per heavy atom. The first-order valence-electron chi connectivity index (χ1n) is 11.4. The zero-order valence-electron chi connectivity index (χ0n) is 19.5. The van der Waals surface area contributed by atoms with Crippen LogP contribution in [-0.2, 0) is 11.3 Å². The largest absolute Gasteiger partial charge is 0.378 e. The monoisotopic (exact) mass is 453 g/mol. The van der Waals surface area contributed by atoms with Crippen LogP contribution in [0.25, 0.3) is 0 Å². The maximum Gasteiger partial charge on any atom is 0.255 e. The molecule has 0 aliphatic heterocycles. The summed E-state index contributed by atoms with van der Waals surface area (Å²) in [6, 6.07) is 15.8. The van der Waals surface area contributed by atoms with Crippen LogP contribution in [0.5, 0.6) is 0 Å². The molecule has 1 aliphatic carbocycles. The van der Waals surface area contributed by atoms with Crippen molar-refractivity contribution in [3.63, 3.8) is 0 Å². The second kappa shape index (κ2) is 12.0. The maximum atomic E-state index is 13.1. The molecule has 0 saturated heterocycles. The van der Waals surface area contributed by atoms with Crippen LogP contribution >= 0.6 is 11.8 Å². The minimum absolute atomic E-state index is 0.0348. The molecular formula is C26H35N3O2S. The van der Waals surface area contributed by atoms with E-state index in [0.717, 1.165) is 22.7 Å². The first kappa shape index (κ1) is 24.2. The summed E-state index contributed by atoms with van der Waals surface area (Å²) in [6.45, 7) is 1.31. The summed E-state index contributed by atoms with van der Waals surface area (Å²) in [4.78, 5) is 30.1. The highest BCUT2D eigenvalue weighted by Gasteiger charge is 2.18. The van der Waals surface area contributed by atoms with Crippen LogP contribution in [0.15, 0.2) is 53.4 Å². The van der Waals surface area contributed by atoms with E-state index in [2.05, 4.69) is 34.5 Å². The fourth-order valence-electron chi connectivity index (χ4n) is 4.06. The number of carbonyl (C=O) groups is 2. The van der Waals surface area contributed by atoms with E-state index in [4.69, 9.17) is 0 Å². The van der Waals surface area contributed by atoms with Crippen molar-refractivity contribution in [3.05, 3.63) is 59.7 Å².